The molecule has 0 amide bonds. The van der Waals surface area contributed by atoms with Crippen molar-refractivity contribution in [1.29, 1.82) is 0 Å². The number of aryl methyl sites for hydroxylation is 1. The summed E-state index contributed by atoms with van der Waals surface area (Å²) in [5, 5.41) is 3.58. The lowest BCUT2D eigenvalue weighted by Crippen LogP contribution is -2.26. The third kappa shape index (κ3) is 4.11. The molecule has 1 saturated carbocycles. The molecule has 0 aliphatic heterocycles. The second-order valence-corrected chi connectivity index (χ2v) is 5.75. The number of ether oxygens (including phenoxy) is 1. The normalized spacial score (nSPS) is 17.1. The van der Waals surface area contributed by atoms with Crippen LogP contribution in [0.25, 0.3) is 0 Å². The quantitative estimate of drug-likeness (QED) is 0.796. The predicted molar refractivity (Wildman–Crippen MR) is 75.7 cm³/mol. The molecule has 2 rings (SSSR count). The SMILES string of the molecule is Cc1ccccc1C(CNC1CC1)OCC(C)C. The standard InChI is InChI=1S/C16H25NO/c1-12(2)11-18-16(10-17-14-8-9-14)15-7-5-4-6-13(15)3/h4-7,12,14,16-17H,8-11H2,1-3H3. The molecule has 0 radical (unpaired) electrons. The number of nitrogens with one attached hydrogen (secondary N) is 1. The first-order valence-corrected chi connectivity index (χ1v) is 7.07. The van der Waals surface area contributed by atoms with Gasteiger partial charge in [-0.2, -0.15) is 0 Å². The van der Waals surface area contributed by atoms with Crippen molar-refractivity contribution in [3.8, 4) is 0 Å². The van der Waals surface area contributed by atoms with Gasteiger partial charge in [0.1, 0.15) is 0 Å². The van der Waals surface area contributed by atoms with Crippen LogP contribution in [0.5, 0.6) is 0 Å². The highest BCUT2D eigenvalue weighted by Gasteiger charge is 2.23. The molecule has 0 saturated heterocycles. The Morgan fingerprint density at radius 1 is 1.28 bits per heavy atom. The Hall–Kier alpha value is -0.860. The van der Waals surface area contributed by atoms with E-state index in [2.05, 4.69) is 50.4 Å². The van der Waals surface area contributed by atoms with Gasteiger partial charge in [0, 0.05) is 19.2 Å². The lowest BCUT2D eigenvalue weighted by atomic mass is 10.0. The van der Waals surface area contributed by atoms with E-state index in [9.17, 15) is 0 Å². The van der Waals surface area contributed by atoms with Crippen molar-refractivity contribution < 1.29 is 4.74 Å². The Morgan fingerprint density at radius 3 is 2.61 bits per heavy atom. The second kappa shape index (κ2) is 6.35. The maximum Gasteiger partial charge on any atom is 0.0951 e. The third-order valence-corrected chi connectivity index (χ3v) is 3.34. The van der Waals surface area contributed by atoms with E-state index in [1.807, 2.05) is 0 Å². The van der Waals surface area contributed by atoms with Crippen molar-refractivity contribution in [3.63, 3.8) is 0 Å². The topological polar surface area (TPSA) is 21.3 Å². The van der Waals surface area contributed by atoms with Gasteiger partial charge in [-0.1, -0.05) is 38.1 Å². The summed E-state index contributed by atoms with van der Waals surface area (Å²) in [6, 6.07) is 9.28. The van der Waals surface area contributed by atoms with Crippen molar-refractivity contribution in [2.45, 2.75) is 45.8 Å². The summed E-state index contributed by atoms with van der Waals surface area (Å²) >= 11 is 0. The largest absolute Gasteiger partial charge is 0.372 e. The zero-order valence-electron chi connectivity index (χ0n) is 11.8. The predicted octanol–water partition coefficient (Wildman–Crippen LogP) is 3.46. The van der Waals surface area contributed by atoms with E-state index in [4.69, 9.17) is 4.74 Å². The van der Waals surface area contributed by atoms with Gasteiger partial charge >= 0.3 is 0 Å². The molecular formula is C16H25NO. The van der Waals surface area contributed by atoms with Gasteiger partial charge in [-0.25, -0.2) is 0 Å². The Morgan fingerprint density at radius 2 is 2.00 bits per heavy atom. The lowest BCUT2D eigenvalue weighted by Gasteiger charge is -2.22. The summed E-state index contributed by atoms with van der Waals surface area (Å²) in [7, 11) is 0. The van der Waals surface area contributed by atoms with Crippen molar-refractivity contribution in [3.05, 3.63) is 35.4 Å². The Bertz CT molecular complexity index is 365. The van der Waals surface area contributed by atoms with Crippen molar-refractivity contribution >= 4 is 0 Å². The average Bonchev–Trinajstić information content (AvgIpc) is 3.14. The highest BCUT2D eigenvalue weighted by atomic mass is 16.5. The number of hydrogen-bond acceptors (Lipinski definition) is 2. The number of benzene rings is 1. The summed E-state index contributed by atoms with van der Waals surface area (Å²) in [5.74, 6) is 0.581. The van der Waals surface area contributed by atoms with Crippen LogP contribution in [0, 0.1) is 12.8 Å². The molecule has 1 atom stereocenters. The minimum absolute atomic E-state index is 0.189. The van der Waals surface area contributed by atoms with Crippen LogP contribution in [0.3, 0.4) is 0 Å². The fraction of sp³-hybridized carbons (Fsp3) is 0.625. The smallest absolute Gasteiger partial charge is 0.0951 e. The number of rotatable bonds is 7. The van der Waals surface area contributed by atoms with Gasteiger partial charge in [0.2, 0.25) is 0 Å². The summed E-state index contributed by atoms with van der Waals surface area (Å²) < 4.78 is 6.09. The van der Waals surface area contributed by atoms with Crippen molar-refractivity contribution in [2.75, 3.05) is 13.2 Å². The van der Waals surface area contributed by atoms with Gasteiger partial charge in [0.05, 0.1) is 6.10 Å². The molecular weight excluding hydrogens is 222 g/mol. The molecule has 100 valence electrons. The zero-order chi connectivity index (χ0) is 13.0. The van der Waals surface area contributed by atoms with E-state index in [0.717, 1.165) is 19.2 Å². The monoisotopic (exact) mass is 247 g/mol. The van der Waals surface area contributed by atoms with E-state index in [-0.39, 0.29) is 6.10 Å². The summed E-state index contributed by atoms with van der Waals surface area (Å²) in [4.78, 5) is 0. The molecule has 0 aromatic heterocycles. The fourth-order valence-electron chi connectivity index (χ4n) is 2.08. The second-order valence-electron chi connectivity index (χ2n) is 5.75. The number of hydrogen-bond donors (Lipinski definition) is 1. The van der Waals surface area contributed by atoms with Gasteiger partial charge in [-0.05, 0) is 36.8 Å². The van der Waals surface area contributed by atoms with Crippen molar-refractivity contribution in [1.82, 2.24) is 5.32 Å². The van der Waals surface area contributed by atoms with Crippen LogP contribution in [0.4, 0.5) is 0 Å². The van der Waals surface area contributed by atoms with Crippen molar-refractivity contribution in [2.24, 2.45) is 5.92 Å². The highest BCUT2D eigenvalue weighted by Crippen LogP contribution is 2.24. The molecule has 1 fully saturated rings. The highest BCUT2D eigenvalue weighted by molar-refractivity contribution is 5.28. The first kappa shape index (κ1) is 13.6. The molecule has 0 heterocycles. The van der Waals surface area contributed by atoms with Crippen LogP contribution in [0.2, 0.25) is 0 Å². The first-order chi connectivity index (χ1) is 8.66. The fourth-order valence-corrected chi connectivity index (χ4v) is 2.08. The molecule has 2 nitrogen and oxygen atoms in total. The Labute approximate surface area is 111 Å². The molecule has 1 aliphatic carbocycles. The van der Waals surface area contributed by atoms with Gasteiger partial charge in [0.25, 0.3) is 0 Å². The maximum absolute atomic E-state index is 6.09. The minimum Gasteiger partial charge on any atom is -0.372 e. The van der Waals surface area contributed by atoms with Crippen LogP contribution in [-0.4, -0.2) is 19.2 Å². The Balaban J connectivity index is 1.99. The maximum atomic E-state index is 6.09. The van der Waals surface area contributed by atoms with Crippen LogP contribution >= 0.6 is 0 Å². The van der Waals surface area contributed by atoms with E-state index in [0.29, 0.717) is 5.92 Å². The molecule has 18 heavy (non-hydrogen) atoms. The van der Waals surface area contributed by atoms with Gasteiger partial charge < -0.3 is 10.1 Å². The average molecular weight is 247 g/mol. The van der Waals surface area contributed by atoms with Gasteiger partial charge in [-0.15, -0.1) is 0 Å². The van der Waals surface area contributed by atoms with Gasteiger partial charge in [0.15, 0.2) is 0 Å². The molecule has 1 aromatic carbocycles. The lowest BCUT2D eigenvalue weighted by molar-refractivity contribution is 0.0346. The van der Waals surface area contributed by atoms with E-state index in [1.54, 1.807) is 0 Å². The Kier molecular flexibility index (Phi) is 4.79. The molecule has 1 aliphatic rings. The first-order valence-electron chi connectivity index (χ1n) is 7.07. The molecule has 1 aromatic rings. The summed E-state index contributed by atoms with van der Waals surface area (Å²) in [6.07, 6.45) is 2.84. The third-order valence-electron chi connectivity index (χ3n) is 3.34. The van der Waals surface area contributed by atoms with Crippen LogP contribution in [0.15, 0.2) is 24.3 Å². The van der Waals surface area contributed by atoms with Crippen LogP contribution in [0.1, 0.15) is 43.9 Å². The van der Waals surface area contributed by atoms with E-state index in [1.165, 1.54) is 24.0 Å². The molecule has 0 spiro atoms. The summed E-state index contributed by atoms with van der Waals surface area (Å²) in [5.41, 5.74) is 2.65. The van der Waals surface area contributed by atoms with E-state index < -0.39 is 0 Å². The summed E-state index contributed by atoms with van der Waals surface area (Å²) in [6.45, 7) is 8.32. The molecule has 0 bridgehead atoms. The van der Waals surface area contributed by atoms with E-state index >= 15 is 0 Å². The minimum atomic E-state index is 0.189. The molecule has 2 heteroatoms. The molecule has 1 N–H and O–H groups in total. The van der Waals surface area contributed by atoms with Crippen LogP contribution in [-0.2, 0) is 4.74 Å². The van der Waals surface area contributed by atoms with Crippen LogP contribution < -0.4 is 5.32 Å². The molecule has 1 unspecified atom stereocenters. The van der Waals surface area contributed by atoms with Gasteiger partial charge in [-0.3, -0.25) is 0 Å². The zero-order valence-corrected chi connectivity index (χ0v) is 11.8.